The van der Waals surface area contributed by atoms with Crippen molar-refractivity contribution in [1.29, 1.82) is 0 Å². The summed E-state index contributed by atoms with van der Waals surface area (Å²) in [4.78, 5) is 80.6. The van der Waals surface area contributed by atoms with Crippen LogP contribution in [-0.2, 0) is 23.9 Å². The van der Waals surface area contributed by atoms with Crippen molar-refractivity contribution in [2.24, 2.45) is 34.3 Å². The Morgan fingerprint density at radius 1 is 1.00 bits per heavy atom. The number of methoxy groups -OCH3 is 1. The largest absolute Gasteiger partial charge is 0.453 e. The van der Waals surface area contributed by atoms with E-state index in [4.69, 9.17) is 10.5 Å². The van der Waals surface area contributed by atoms with Gasteiger partial charge in [0, 0.05) is 25.7 Å². The summed E-state index contributed by atoms with van der Waals surface area (Å²) in [5, 5.41) is 8.51. The summed E-state index contributed by atoms with van der Waals surface area (Å²) in [6.45, 7) is 10.8. The van der Waals surface area contributed by atoms with Gasteiger partial charge in [-0.25, -0.2) is 9.59 Å². The highest BCUT2D eigenvalue weighted by atomic mass is 16.5. The van der Waals surface area contributed by atoms with E-state index in [9.17, 15) is 28.8 Å². The quantitative estimate of drug-likeness (QED) is 0.285. The molecule has 4 rings (SSSR count). The second-order valence-electron chi connectivity index (χ2n) is 14.4. The molecule has 0 bridgehead atoms. The lowest BCUT2D eigenvalue weighted by Crippen LogP contribution is -2.62. The highest BCUT2D eigenvalue weighted by Crippen LogP contribution is 2.65. The summed E-state index contributed by atoms with van der Waals surface area (Å²) in [7, 11) is 1.31. The number of piperidine rings is 2. The average Bonchev–Trinajstić information content (AvgIpc) is 3.22. The van der Waals surface area contributed by atoms with Crippen LogP contribution in [0.4, 0.5) is 9.59 Å². The van der Waals surface area contributed by atoms with E-state index in [2.05, 4.69) is 29.8 Å². The molecular weight excluding hydrogens is 556 g/mol. The highest BCUT2D eigenvalue weighted by molar-refractivity contribution is 6.37. The fourth-order valence-corrected chi connectivity index (χ4v) is 7.10. The number of carbonyl (C=O) groups is 6. The van der Waals surface area contributed by atoms with Crippen LogP contribution >= 0.6 is 0 Å². The van der Waals surface area contributed by atoms with Crippen LogP contribution in [0.25, 0.3) is 0 Å². The third-order valence-corrected chi connectivity index (χ3v) is 10.0. The number of nitrogens with zero attached hydrogens (tertiary/aromatic N) is 2. The monoisotopic (exact) mass is 604 g/mol. The van der Waals surface area contributed by atoms with Crippen LogP contribution in [0.3, 0.4) is 0 Å². The van der Waals surface area contributed by atoms with Crippen LogP contribution in [0.2, 0.25) is 0 Å². The van der Waals surface area contributed by atoms with Crippen LogP contribution in [-0.4, -0.2) is 96.3 Å². The van der Waals surface area contributed by atoms with E-state index in [0.717, 1.165) is 19.3 Å². The Balaban J connectivity index is 1.48. The van der Waals surface area contributed by atoms with E-state index in [1.165, 1.54) is 16.9 Å². The summed E-state index contributed by atoms with van der Waals surface area (Å²) in [6, 6.07) is -3.68. The van der Waals surface area contributed by atoms with Gasteiger partial charge in [0.25, 0.3) is 5.91 Å². The molecule has 240 valence electrons. The van der Waals surface area contributed by atoms with Crippen LogP contribution < -0.4 is 21.7 Å². The van der Waals surface area contributed by atoms with Gasteiger partial charge in [0.2, 0.25) is 17.6 Å². The first-order chi connectivity index (χ1) is 20.1. The van der Waals surface area contributed by atoms with Crippen LogP contribution in [0.1, 0.15) is 73.1 Å². The Hall–Kier alpha value is -3.38. The van der Waals surface area contributed by atoms with Gasteiger partial charge in [-0.1, -0.05) is 53.9 Å². The Morgan fingerprint density at radius 3 is 2.23 bits per heavy atom. The van der Waals surface area contributed by atoms with Crippen molar-refractivity contribution < 1.29 is 33.5 Å². The molecule has 2 aliphatic heterocycles. The Kier molecular flexibility index (Phi) is 9.32. The van der Waals surface area contributed by atoms with Gasteiger partial charge in [0.05, 0.1) is 13.2 Å². The van der Waals surface area contributed by atoms with E-state index in [1.807, 2.05) is 20.8 Å². The van der Waals surface area contributed by atoms with E-state index in [0.29, 0.717) is 38.9 Å². The second-order valence-corrected chi connectivity index (χ2v) is 14.4. The lowest BCUT2D eigenvalue weighted by Gasteiger charge is -2.38. The number of amides is 6. The summed E-state index contributed by atoms with van der Waals surface area (Å²) >= 11 is 0. The second kappa shape index (κ2) is 12.3. The fourth-order valence-electron chi connectivity index (χ4n) is 7.10. The topological polar surface area (TPSA) is 180 Å². The van der Waals surface area contributed by atoms with Gasteiger partial charge >= 0.3 is 12.1 Å². The zero-order valence-corrected chi connectivity index (χ0v) is 26.2. The number of rotatable bonds is 9. The molecular formula is C30H48N6O7. The molecule has 6 atom stereocenters. The van der Waals surface area contributed by atoms with Crippen molar-refractivity contribution in [3.63, 3.8) is 0 Å². The van der Waals surface area contributed by atoms with Crippen molar-refractivity contribution in [3.8, 4) is 0 Å². The number of nitrogens with one attached hydrogen (secondary N) is 3. The zero-order valence-electron chi connectivity index (χ0n) is 26.2. The number of likely N-dealkylation sites (tertiary alicyclic amines) is 2. The molecule has 2 saturated heterocycles. The standard InChI is InChI=1S/C30H48N6O7/c1-29(2,3)23(34-27(41)32-17-11-8-12-35(14-17)28(42)43-6)26(40)36-15-18-20(30(18,4)5)21(36)25(39)33-19(22(37)24(31)38)13-16-9-7-10-16/h16-21,23H,7-15H2,1-6H3,(H2,31,38)(H,33,39)(H2,32,34,41)/t17?,18-,19?,20-,21-,23+/m0/s1. The minimum atomic E-state index is -1.09. The Bertz CT molecular complexity index is 1150. The molecule has 0 aromatic carbocycles. The minimum absolute atomic E-state index is 0.0881. The van der Waals surface area contributed by atoms with Crippen LogP contribution in [0.15, 0.2) is 0 Å². The van der Waals surface area contributed by atoms with Crippen molar-refractivity contribution in [1.82, 2.24) is 25.8 Å². The third kappa shape index (κ3) is 6.90. The van der Waals surface area contributed by atoms with Gasteiger partial charge in [-0.15, -0.1) is 0 Å². The molecule has 2 saturated carbocycles. The predicted octanol–water partition coefficient (Wildman–Crippen LogP) is 1.14. The van der Waals surface area contributed by atoms with Crippen molar-refractivity contribution in [2.75, 3.05) is 26.7 Å². The average molecular weight is 605 g/mol. The third-order valence-electron chi connectivity index (χ3n) is 10.0. The van der Waals surface area contributed by atoms with Crippen molar-refractivity contribution in [3.05, 3.63) is 0 Å². The molecule has 2 unspecified atom stereocenters. The van der Waals surface area contributed by atoms with Crippen molar-refractivity contribution >= 4 is 35.6 Å². The molecule has 43 heavy (non-hydrogen) atoms. The number of ether oxygens (including phenoxy) is 1. The number of Topliss-reactive ketones (excluding diaryl/α,β-unsaturated/α-hetero) is 1. The summed E-state index contributed by atoms with van der Waals surface area (Å²) in [5.74, 6) is -2.59. The first-order valence-electron chi connectivity index (χ1n) is 15.4. The number of carbonyl (C=O) groups excluding carboxylic acids is 6. The zero-order chi connectivity index (χ0) is 31.9. The summed E-state index contributed by atoms with van der Waals surface area (Å²) in [6.07, 6.45) is 4.14. The SMILES string of the molecule is COC(=O)N1CCCC(NC(=O)N[C@H](C(=O)N2C[C@H]3[C@@H]([C@H]2C(=O)NC(CC2CCC2)C(=O)C(N)=O)C3(C)C)C(C)(C)C)C1. The normalized spacial score (nSPS) is 27.6. The van der Waals surface area contributed by atoms with Gasteiger partial charge < -0.3 is 36.2 Å². The molecule has 2 heterocycles. The molecule has 13 heteroatoms. The van der Waals surface area contributed by atoms with Gasteiger partial charge in [-0.05, 0) is 47.8 Å². The lowest BCUT2D eigenvalue weighted by atomic mass is 9.80. The molecule has 0 spiro atoms. The fraction of sp³-hybridized carbons (Fsp3) is 0.800. The number of ketones is 1. The van der Waals surface area contributed by atoms with E-state index in [1.54, 1.807) is 0 Å². The first kappa shape index (κ1) is 32.5. The predicted molar refractivity (Wildman–Crippen MR) is 156 cm³/mol. The molecule has 5 N–H and O–H groups in total. The maximum Gasteiger partial charge on any atom is 0.409 e. The smallest absolute Gasteiger partial charge is 0.409 e. The van der Waals surface area contributed by atoms with Crippen LogP contribution in [0, 0.1) is 28.6 Å². The molecule has 4 aliphatic rings. The number of hydrogen-bond donors (Lipinski definition) is 4. The summed E-state index contributed by atoms with van der Waals surface area (Å²) in [5.41, 5.74) is 4.44. The van der Waals surface area contributed by atoms with Gasteiger partial charge in [0.15, 0.2) is 0 Å². The van der Waals surface area contributed by atoms with Crippen LogP contribution in [0.5, 0.6) is 0 Å². The molecule has 6 amide bonds. The molecule has 0 aromatic rings. The number of nitrogens with two attached hydrogens (primary N) is 1. The Morgan fingerprint density at radius 2 is 1.67 bits per heavy atom. The van der Waals surface area contributed by atoms with E-state index >= 15 is 0 Å². The number of hydrogen-bond acceptors (Lipinski definition) is 7. The van der Waals surface area contributed by atoms with E-state index in [-0.39, 0.29) is 35.1 Å². The Labute approximate surface area is 253 Å². The number of urea groups is 1. The number of primary amides is 1. The molecule has 4 fully saturated rings. The number of fused-ring (bicyclic) bond motifs is 1. The van der Waals surface area contributed by atoms with Gasteiger partial charge in [-0.3, -0.25) is 19.2 Å². The molecule has 0 radical (unpaired) electrons. The maximum absolute atomic E-state index is 14.1. The molecule has 13 nitrogen and oxygen atoms in total. The minimum Gasteiger partial charge on any atom is -0.453 e. The summed E-state index contributed by atoms with van der Waals surface area (Å²) < 4.78 is 4.81. The van der Waals surface area contributed by atoms with Gasteiger partial charge in [-0.2, -0.15) is 0 Å². The highest BCUT2D eigenvalue weighted by Gasteiger charge is 2.70. The van der Waals surface area contributed by atoms with Gasteiger partial charge in [0.1, 0.15) is 12.1 Å². The maximum atomic E-state index is 14.1. The van der Waals surface area contributed by atoms with Crippen molar-refractivity contribution in [2.45, 2.75) is 97.3 Å². The first-order valence-corrected chi connectivity index (χ1v) is 15.4. The molecule has 2 aliphatic carbocycles. The molecule has 0 aromatic heterocycles. The lowest BCUT2D eigenvalue weighted by molar-refractivity contribution is -0.145. The van der Waals surface area contributed by atoms with E-state index < -0.39 is 53.3 Å².